The lowest BCUT2D eigenvalue weighted by molar-refractivity contribution is -0.137. The molecule has 2 aromatic rings. The largest absolute Gasteiger partial charge is 0.489 e. The number of carboxylic acid groups (broad SMARTS) is 1. The van der Waals surface area contributed by atoms with E-state index < -0.39 is 11.5 Å². The van der Waals surface area contributed by atoms with Gasteiger partial charge in [0.2, 0.25) is 0 Å². The highest BCUT2D eigenvalue weighted by Crippen LogP contribution is 2.25. The topological polar surface area (TPSA) is 84.7 Å². The smallest absolute Gasteiger partial charge is 0.323 e. The number of para-hydroxylation sites is 1. The molecule has 0 amide bonds. The standard InChI is InChI=1S/C16H17N3O4/c1-11-8-19(9-12-4-2-3-5-13(12)23-11)15-16(22)18(7-6-17-15)10-14(20)21/h2-7,11H,8-10H2,1H3,(H,20,21). The molecule has 1 aromatic heterocycles. The molecule has 1 atom stereocenters. The molecule has 120 valence electrons. The lowest BCUT2D eigenvalue weighted by Crippen LogP contribution is -2.37. The van der Waals surface area contributed by atoms with Crippen LogP contribution in [0.25, 0.3) is 0 Å². The van der Waals surface area contributed by atoms with Gasteiger partial charge < -0.3 is 14.7 Å². The fraction of sp³-hybridized carbons (Fsp3) is 0.312. The van der Waals surface area contributed by atoms with Crippen LogP contribution in [0, 0.1) is 0 Å². The first-order valence-corrected chi connectivity index (χ1v) is 7.31. The number of nitrogens with zero attached hydrogens (tertiary/aromatic N) is 3. The monoisotopic (exact) mass is 315 g/mol. The molecule has 0 aliphatic carbocycles. The molecule has 3 rings (SSSR count). The second-order valence-electron chi connectivity index (χ2n) is 5.49. The van der Waals surface area contributed by atoms with Gasteiger partial charge in [-0.25, -0.2) is 4.98 Å². The summed E-state index contributed by atoms with van der Waals surface area (Å²) in [6, 6.07) is 7.66. The third-order valence-corrected chi connectivity index (χ3v) is 3.64. The maximum absolute atomic E-state index is 12.5. The number of carboxylic acids is 1. The van der Waals surface area contributed by atoms with Gasteiger partial charge in [0.1, 0.15) is 18.4 Å². The van der Waals surface area contributed by atoms with Crippen molar-refractivity contribution in [2.75, 3.05) is 11.4 Å². The number of carbonyl (C=O) groups is 1. The van der Waals surface area contributed by atoms with E-state index in [1.54, 1.807) is 0 Å². The molecule has 1 aliphatic heterocycles. The Bertz CT molecular complexity index is 787. The van der Waals surface area contributed by atoms with Crippen molar-refractivity contribution in [2.45, 2.75) is 26.1 Å². The van der Waals surface area contributed by atoms with Crippen LogP contribution in [0.2, 0.25) is 0 Å². The van der Waals surface area contributed by atoms with E-state index in [9.17, 15) is 9.59 Å². The van der Waals surface area contributed by atoms with E-state index in [4.69, 9.17) is 9.84 Å². The minimum Gasteiger partial charge on any atom is -0.489 e. The molecule has 7 heteroatoms. The van der Waals surface area contributed by atoms with Crippen molar-refractivity contribution in [3.05, 3.63) is 52.6 Å². The van der Waals surface area contributed by atoms with Gasteiger partial charge in [-0.1, -0.05) is 18.2 Å². The first kappa shape index (κ1) is 15.1. The quantitative estimate of drug-likeness (QED) is 0.913. The zero-order valence-electron chi connectivity index (χ0n) is 12.7. The Balaban J connectivity index is 1.98. The number of ether oxygens (including phenoxy) is 1. The van der Waals surface area contributed by atoms with Gasteiger partial charge >= 0.3 is 5.97 Å². The third kappa shape index (κ3) is 3.18. The molecule has 7 nitrogen and oxygen atoms in total. The van der Waals surface area contributed by atoms with Gasteiger partial charge in [-0.3, -0.25) is 14.2 Å². The minimum absolute atomic E-state index is 0.118. The van der Waals surface area contributed by atoms with Crippen LogP contribution >= 0.6 is 0 Å². The highest BCUT2D eigenvalue weighted by atomic mass is 16.5. The molecule has 1 aliphatic rings. The first-order chi connectivity index (χ1) is 11.0. The van der Waals surface area contributed by atoms with Gasteiger partial charge in [-0.2, -0.15) is 0 Å². The van der Waals surface area contributed by atoms with Crippen LogP contribution in [0.1, 0.15) is 12.5 Å². The molecule has 1 N–H and O–H groups in total. The fourth-order valence-electron chi connectivity index (χ4n) is 2.67. The molecule has 0 fully saturated rings. The maximum Gasteiger partial charge on any atom is 0.323 e. The molecule has 0 spiro atoms. The van der Waals surface area contributed by atoms with E-state index >= 15 is 0 Å². The van der Waals surface area contributed by atoms with Crippen LogP contribution in [0.4, 0.5) is 5.82 Å². The molecule has 2 heterocycles. The molecule has 0 bridgehead atoms. The summed E-state index contributed by atoms with van der Waals surface area (Å²) in [5, 5.41) is 8.90. The Kier molecular flexibility index (Phi) is 4.01. The van der Waals surface area contributed by atoms with Crippen molar-refractivity contribution >= 4 is 11.8 Å². The molecule has 1 unspecified atom stereocenters. The van der Waals surface area contributed by atoms with E-state index in [-0.39, 0.29) is 18.5 Å². The van der Waals surface area contributed by atoms with Gasteiger partial charge in [0.15, 0.2) is 5.82 Å². The summed E-state index contributed by atoms with van der Waals surface area (Å²) in [6.45, 7) is 2.52. The number of benzene rings is 1. The lowest BCUT2D eigenvalue weighted by Gasteiger charge is -2.22. The minimum atomic E-state index is -1.07. The molecule has 1 aromatic carbocycles. The number of anilines is 1. The second-order valence-corrected chi connectivity index (χ2v) is 5.49. The lowest BCUT2D eigenvalue weighted by atomic mass is 10.2. The van der Waals surface area contributed by atoms with Crippen LogP contribution in [-0.4, -0.2) is 33.3 Å². The second kappa shape index (κ2) is 6.12. The van der Waals surface area contributed by atoms with Crippen molar-refractivity contribution < 1.29 is 14.6 Å². The van der Waals surface area contributed by atoms with Crippen molar-refractivity contribution in [1.82, 2.24) is 9.55 Å². The summed E-state index contributed by atoms with van der Waals surface area (Å²) in [7, 11) is 0. The SMILES string of the molecule is CC1CN(c2nccn(CC(=O)O)c2=O)Cc2ccccc2O1. The number of fused-ring (bicyclic) bond motifs is 1. The summed E-state index contributed by atoms with van der Waals surface area (Å²) >= 11 is 0. The molecular formula is C16H17N3O4. The fourth-order valence-corrected chi connectivity index (χ4v) is 2.67. The van der Waals surface area contributed by atoms with Gasteiger partial charge in [0, 0.05) is 24.5 Å². The van der Waals surface area contributed by atoms with E-state index in [0.29, 0.717) is 13.1 Å². The van der Waals surface area contributed by atoms with Crippen LogP contribution < -0.4 is 15.2 Å². The van der Waals surface area contributed by atoms with Gasteiger partial charge in [0.25, 0.3) is 5.56 Å². The van der Waals surface area contributed by atoms with Crippen LogP contribution in [0.15, 0.2) is 41.5 Å². The Morgan fingerprint density at radius 3 is 3.00 bits per heavy atom. The molecular weight excluding hydrogens is 298 g/mol. The zero-order valence-corrected chi connectivity index (χ0v) is 12.7. The van der Waals surface area contributed by atoms with Crippen LogP contribution in [-0.2, 0) is 17.9 Å². The van der Waals surface area contributed by atoms with E-state index in [1.807, 2.05) is 36.1 Å². The van der Waals surface area contributed by atoms with Crippen molar-refractivity contribution in [2.24, 2.45) is 0 Å². The van der Waals surface area contributed by atoms with Gasteiger partial charge in [-0.05, 0) is 13.0 Å². The van der Waals surface area contributed by atoms with E-state index in [0.717, 1.165) is 15.9 Å². The van der Waals surface area contributed by atoms with Crippen LogP contribution in [0.3, 0.4) is 0 Å². The molecule has 23 heavy (non-hydrogen) atoms. The predicted octanol–water partition coefficient (Wildman–Crippen LogP) is 1.12. The summed E-state index contributed by atoms with van der Waals surface area (Å²) in [6.07, 6.45) is 2.71. The highest BCUT2D eigenvalue weighted by molar-refractivity contribution is 5.66. The van der Waals surface area contributed by atoms with E-state index in [2.05, 4.69) is 4.98 Å². The molecule has 0 saturated heterocycles. The maximum atomic E-state index is 12.5. The molecule has 0 radical (unpaired) electrons. The average molecular weight is 315 g/mol. The highest BCUT2D eigenvalue weighted by Gasteiger charge is 2.23. The number of hydrogen-bond donors (Lipinski definition) is 1. The van der Waals surface area contributed by atoms with E-state index in [1.165, 1.54) is 12.4 Å². The van der Waals surface area contributed by atoms with Crippen LogP contribution in [0.5, 0.6) is 5.75 Å². The summed E-state index contributed by atoms with van der Waals surface area (Å²) in [5.74, 6) is -0.0349. The van der Waals surface area contributed by atoms with Gasteiger partial charge in [0.05, 0.1) is 6.54 Å². The summed E-state index contributed by atoms with van der Waals surface area (Å²) in [4.78, 5) is 29.3. The van der Waals surface area contributed by atoms with Crippen molar-refractivity contribution in [3.8, 4) is 5.75 Å². The average Bonchev–Trinajstić information content (AvgIpc) is 2.66. The Hall–Kier alpha value is -2.83. The normalized spacial score (nSPS) is 17.1. The summed E-state index contributed by atoms with van der Waals surface area (Å²) in [5.41, 5.74) is 0.549. The first-order valence-electron chi connectivity index (χ1n) is 7.31. The van der Waals surface area contributed by atoms with Gasteiger partial charge in [-0.15, -0.1) is 0 Å². The number of aliphatic carboxylic acids is 1. The number of rotatable bonds is 3. The van der Waals surface area contributed by atoms with Crippen molar-refractivity contribution in [1.29, 1.82) is 0 Å². The zero-order chi connectivity index (χ0) is 16.4. The number of aromatic nitrogens is 2. The Labute approximate surface area is 132 Å². The summed E-state index contributed by atoms with van der Waals surface area (Å²) < 4.78 is 7.02. The number of hydrogen-bond acceptors (Lipinski definition) is 5. The molecule has 0 saturated carbocycles. The Morgan fingerprint density at radius 1 is 1.43 bits per heavy atom. The third-order valence-electron chi connectivity index (χ3n) is 3.64. The predicted molar refractivity (Wildman–Crippen MR) is 83.7 cm³/mol. The van der Waals surface area contributed by atoms with Crippen molar-refractivity contribution in [3.63, 3.8) is 0 Å². The Morgan fingerprint density at radius 2 is 2.22 bits per heavy atom.